The van der Waals surface area contributed by atoms with Crippen LogP contribution in [0.5, 0.6) is 0 Å². The maximum Gasteiger partial charge on any atom is 0.137 e. The first kappa shape index (κ1) is 16.0. The largest absolute Gasteiger partial charge is 0.387 e. The molecule has 2 atom stereocenters. The number of benzene rings is 1. The molecule has 1 aromatic carbocycles. The van der Waals surface area contributed by atoms with E-state index < -0.39 is 5.60 Å². The highest BCUT2D eigenvalue weighted by atomic mass is 35.5. The molecule has 1 heterocycles. The van der Waals surface area contributed by atoms with Crippen LogP contribution in [0.25, 0.3) is 0 Å². The standard InChI is InChI=1S/C16H22ClN3O/c1-15(2,3)16(21,10-20-12-18-11-19-20)9-14(17)13-7-5-4-6-8-13/h4-8,11-12,14,21H,9-10H2,1-3H3. The smallest absolute Gasteiger partial charge is 0.137 e. The van der Waals surface area contributed by atoms with Crippen LogP contribution < -0.4 is 0 Å². The number of aliphatic hydroxyl groups is 1. The van der Waals surface area contributed by atoms with Gasteiger partial charge in [0.15, 0.2) is 0 Å². The molecule has 1 N–H and O–H groups in total. The van der Waals surface area contributed by atoms with Crippen LogP contribution in [-0.4, -0.2) is 25.5 Å². The van der Waals surface area contributed by atoms with Gasteiger partial charge in [0.25, 0.3) is 0 Å². The highest BCUT2D eigenvalue weighted by Gasteiger charge is 2.42. The topological polar surface area (TPSA) is 50.9 Å². The van der Waals surface area contributed by atoms with Crippen LogP contribution in [0, 0.1) is 5.41 Å². The zero-order valence-corrected chi connectivity index (χ0v) is 13.5. The van der Waals surface area contributed by atoms with E-state index in [4.69, 9.17) is 11.6 Å². The Kier molecular flexibility index (Phi) is 4.69. The third kappa shape index (κ3) is 3.83. The van der Waals surface area contributed by atoms with Crippen LogP contribution in [0.4, 0.5) is 0 Å². The van der Waals surface area contributed by atoms with E-state index in [1.807, 2.05) is 51.1 Å². The number of aromatic nitrogens is 3. The highest BCUT2D eigenvalue weighted by Crippen LogP contribution is 2.41. The van der Waals surface area contributed by atoms with Gasteiger partial charge in [-0.3, -0.25) is 4.68 Å². The van der Waals surface area contributed by atoms with Gasteiger partial charge in [0.05, 0.1) is 17.5 Å². The normalized spacial score (nSPS) is 16.4. The molecule has 0 fully saturated rings. The molecule has 114 valence electrons. The molecule has 4 nitrogen and oxygen atoms in total. The van der Waals surface area contributed by atoms with Crippen LogP contribution in [0.1, 0.15) is 38.1 Å². The summed E-state index contributed by atoms with van der Waals surface area (Å²) in [4.78, 5) is 3.93. The summed E-state index contributed by atoms with van der Waals surface area (Å²) >= 11 is 6.53. The molecule has 2 rings (SSSR count). The molecule has 0 saturated heterocycles. The van der Waals surface area contributed by atoms with Crippen LogP contribution in [0.3, 0.4) is 0 Å². The molecule has 5 heteroatoms. The maximum atomic E-state index is 11.2. The number of hydrogen-bond donors (Lipinski definition) is 1. The second-order valence-corrected chi connectivity index (χ2v) is 6.98. The van der Waals surface area contributed by atoms with Gasteiger partial charge in [-0.05, 0) is 17.4 Å². The number of halogens is 1. The van der Waals surface area contributed by atoms with E-state index in [1.165, 1.54) is 6.33 Å². The molecule has 2 aromatic rings. The first-order valence-corrected chi connectivity index (χ1v) is 7.49. The predicted molar refractivity (Wildman–Crippen MR) is 84.1 cm³/mol. The van der Waals surface area contributed by atoms with Crippen molar-refractivity contribution >= 4 is 11.6 Å². The number of rotatable bonds is 5. The summed E-state index contributed by atoms with van der Waals surface area (Å²) in [5.41, 5.74) is -0.301. The maximum absolute atomic E-state index is 11.2. The SMILES string of the molecule is CC(C)(C)C(O)(CC(Cl)c1ccccc1)Cn1cncn1. The van der Waals surface area contributed by atoms with E-state index >= 15 is 0 Å². The Morgan fingerprint density at radius 2 is 1.90 bits per heavy atom. The Morgan fingerprint density at radius 1 is 1.24 bits per heavy atom. The number of hydrogen-bond acceptors (Lipinski definition) is 3. The lowest BCUT2D eigenvalue weighted by Crippen LogP contribution is -2.47. The van der Waals surface area contributed by atoms with Crippen LogP contribution in [0.2, 0.25) is 0 Å². The van der Waals surface area contributed by atoms with Gasteiger partial charge in [-0.2, -0.15) is 5.10 Å². The zero-order chi connectivity index (χ0) is 15.5. The van der Waals surface area contributed by atoms with Crippen molar-refractivity contribution < 1.29 is 5.11 Å². The van der Waals surface area contributed by atoms with Crippen LogP contribution in [-0.2, 0) is 6.54 Å². The molecule has 2 unspecified atom stereocenters. The van der Waals surface area contributed by atoms with Gasteiger partial charge >= 0.3 is 0 Å². The molecule has 0 aliphatic rings. The predicted octanol–water partition coefficient (Wildman–Crippen LogP) is 3.43. The molecule has 0 aliphatic carbocycles. The van der Waals surface area contributed by atoms with E-state index in [9.17, 15) is 5.11 Å². The summed E-state index contributed by atoms with van der Waals surface area (Å²) in [6.45, 7) is 6.40. The lowest BCUT2D eigenvalue weighted by molar-refractivity contribution is -0.0805. The lowest BCUT2D eigenvalue weighted by Gasteiger charge is -2.41. The van der Waals surface area contributed by atoms with Crippen molar-refractivity contribution in [1.82, 2.24) is 14.8 Å². The van der Waals surface area contributed by atoms with E-state index in [-0.39, 0.29) is 10.8 Å². The van der Waals surface area contributed by atoms with Gasteiger partial charge in [-0.1, -0.05) is 51.1 Å². The Hall–Kier alpha value is -1.39. The fourth-order valence-corrected chi connectivity index (χ4v) is 2.67. The molecule has 0 radical (unpaired) electrons. The highest BCUT2D eigenvalue weighted by molar-refractivity contribution is 6.20. The van der Waals surface area contributed by atoms with Gasteiger partial charge < -0.3 is 5.11 Å². The minimum Gasteiger partial charge on any atom is -0.387 e. The van der Waals surface area contributed by atoms with Gasteiger partial charge in [0.2, 0.25) is 0 Å². The Morgan fingerprint density at radius 3 is 2.43 bits per heavy atom. The van der Waals surface area contributed by atoms with Crippen molar-refractivity contribution in [2.75, 3.05) is 0 Å². The van der Waals surface area contributed by atoms with Crippen molar-refractivity contribution in [2.45, 2.75) is 44.7 Å². The number of nitrogens with zero attached hydrogens (tertiary/aromatic N) is 3. The van der Waals surface area contributed by atoms with Gasteiger partial charge in [-0.25, -0.2) is 4.98 Å². The Balaban J connectivity index is 2.20. The minimum atomic E-state index is -0.983. The molecule has 0 bridgehead atoms. The van der Waals surface area contributed by atoms with Gasteiger partial charge in [-0.15, -0.1) is 11.6 Å². The molecular weight excluding hydrogens is 286 g/mol. The summed E-state index contributed by atoms with van der Waals surface area (Å²) in [7, 11) is 0. The molecular formula is C16H22ClN3O. The third-order valence-corrected chi connectivity index (χ3v) is 4.37. The van der Waals surface area contributed by atoms with Gasteiger partial charge in [0.1, 0.15) is 12.7 Å². The van der Waals surface area contributed by atoms with Crippen molar-refractivity contribution in [3.05, 3.63) is 48.5 Å². The lowest BCUT2D eigenvalue weighted by atomic mass is 9.73. The van der Waals surface area contributed by atoms with E-state index in [0.29, 0.717) is 13.0 Å². The molecule has 0 aliphatic heterocycles. The Bertz CT molecular complexity index is 551. The quantitative estimate of drug-likeness (QED) is 0.861. The van der Waals surface area contributed by atoms with Gasteiger partial charge in [0, 0.05) is 0 Å². The summed E-state index contributed by atoms with van der Waals surface area (Å²) < 4.78 is 1.65. The molecule has 0 spiro atoms. The molecule has 0 saturated carbocycles. The summed E-state index contributed by atoms with van der Waals surface area (Å²) in [5.74, 6) is 0. The van der Waals surface area contributed by atoms with Crippen molar-refractivity contribution in [2.24, 2.45) is 5.41 Å². The fourth-order valence-electron chi connectivity index (χ4n) is 2.27. The average Bonchev–Trinajstić information content (AvgIpc) is 2.91. The second-order valence-electron chi connectivity index (χ2n) is 6.46. The van der Waals surface area contributed by atoms with Crippen molar-refractivity contribution in [3.63, 3.8) is 0 Å². The summed E-state index contributed by atoms with van der Waals surface area (Å²) in [5, 5.41) is 15.0. The van der Waals surface area contributed by atoms with Crippen LogP contribution >= 0.6 is 11.6 Å². The van der Waals surface area contributed by atoms with E-state index in [2.05, 4.69) is 10.1 Å². The zero-order valence-electron chi connectivity index (χ0n) is 12.7. The second kappa shape index (κ2) is 6.16. The average molecular weight is 308 g/mol. The fraction of sp³-hybridized carbons (Fsp3) is 0.500. The molecule has 1 aromatic heterocycles. The first-order valence-electron chi connectivity index (χ1n) is 7.06. The van der Waals surface area contributed by atoms with Crippen molar-refractivity contribution in [1.29, 1.82) is 0 Å². The van der Waals surface area contributed by atoms with E-state index in [1.54, 1.807) is 11.0 Å². The molecule has 21 heavy (non-hydrogen) atoms. The summed E-state index contributed by atoms with van der Waals surface area (Å²) in [6.07, 6.45) is 3.53. The monoisotopic (exact) mass is 307 g/mol. The Labute approximate surface area is 130 Å². The van der Waals surface area contributed by atoms with E-state index in [0.717, 1.165) is 5.56 Å². The van der Waals surface area contributed by atoms with Crippen LogP contribution in [0.15, 0.2) is 43.0 Å². The minimum absolute atomic E-state index is 0.251. The summed E-state index contributed by atoms with van der Waals surface area (Å²) in [6, 6.07) is 9.83. The third-order valence-electron chi connectivity index (χ3n) is 3.96. The molecule has 0 amide bonds. The number of alkyl halides is 1. The first-order chi connectivity index (χ1) is 9.82. The van der Waals surface area contributed by atoms with Crippen molar-refractivity contribution in [3.8, 4) is 0 Å².